The van der Waals surface area contributed by atoms with Gasteiger partial charge in [-0.05, 0) is 31.0 Å². The molecule has 3 nitrogen and oxygen atoms in total. The van der Waals surface area contributed by atoms with Crippen molar-refractivity contribution in [3.05, 3.63) is 46.1 Å². The van der Waals surface area contributed by atoms with Crippen LogP contribution in [-0.4, -0.2) is 17.1 Å². The molecule has 0 aliphatic rings. The molecule has 0 radical (unpaired) electrons. The van der Waals surface area contributed by atoms with Crippen LogP contribution in [0.4, 0.5) is 4.39 Å². The highest BCUT2D eigenvalue weighted by molar-refractivity contribution is 6.29. The van der Waals surface area contributed by atoms with Crippen LogP contribution in [0.2, 0.25) is 5.15 Å². The van der Waals surface area contributed by atoms with Gasteiger partial charge in [-0.25, -0.2) is 14.4 Å². The molecule has 0 bridgehead atoms. The molecule has 0 aliphatic carbocycles. The van der Waals surface area contributed by atoms with Crippen molar-refractivity contribution in [3.63, 3.8) is 0 Å². The number of nitrogens with zero attached hydrogens (tertiary/aromatic N) is 2. The Morgan fingerprint density at radius 1 is 1.21 bits per heavy atom. The molecule has 2 rings (SSSR count). The van der Waals surface area contributed by atoms with E-state index in [1.807, 2.05) is 19.9 Å². The highest BCUT2D eigenvalue weighted by Crippen LogP contribution is 2.27. The summed E-state index contributed by atoms with van der Waals surface area (Å²) in [5.74, 6) is 0.125. The molecule has 0 saturated heterocycles. The fourth-order valence-corrected chi connectivity index (χ4v) is 2.23. The highest BCUT2D eigenvalue weighted by Gasteiger charge is 2.13. The number of halogens is 2. The lowest BCUT2D eigenvalue weighted by Gasteiger charge is -2.10. The van der Waals surface area contributed by atoms with Crippen LogP contribution in [-0.2, 0) is 11.3 Å². The molecular formula is C14H14ClFN2O. The minimum atomic E-state index is -0.310. The Balaban J connectivity index is 2.58. The van der Waals surface area contributed by atoms with Gasteiger partial charge in [0, 0.05) is 18.7 Å². The fraction of sp³-hybridized carbons (Fsp3) is 0.286. The first kappa shape index (κ1) is 13.9. The van der Waals surface area contributed by atoms with Crippen molar-refractivity contribution in [2.75, 3.05) is 7.11 Å². The summed E-state index contributed by atoms with van der Waals surface area (Å²) in [6.07, 6.45) is 0. The fourth-order valence-electron chi connectivity index (χ4n) is 2.03. The van der Waals surface area contributed by atoms with E-state index in [2.05, 4.69) is 9.97 Å². The summed E-state index contributed by atoms with van der Waals surface area (Å²) in [5, 5.41) is 0.274. The number of hydrogen-bond acceptors (Lipinski definition) is 3. The minimum absolute atomic E-state index is 0.236. The summed E-state index contributed by atoms with van der Waals surface area (Å²) in [6, 6.07) is 4.94. The maximum Gasteiger partial charge on any atom is 0.156 e. The first-order valence-electron chi connectivity index (χ1n) is 5.80. The molecule has 0 N–H and O–H groups in total. The van der Waals surface area contributed by atoms with Crippen LogP contribution in [0.3, 0.4) is 0 Å². The molecule has 0 atom stereocenters. The average Bonchev–Trinajstić information content (AvgIpc) is 2.26. The van der Waals surface area contributed by atoms with E-state index in [1.54, 1.807) is 13.2 Å². The van der Waals surface area contributed by atoms with Crippen molar-refractivity contribution < 1.29 is 9.13 Å². The first-order chi connectivity index (χ1) is 9.01. The van der Waals surface area contributed by atoms with Crippen molar-refractivity contribution in [2.45, 2.75) is 20.5 Å². The molecule has 0 amide bonds. The maximum absolute atomic E-state index is 14.1. The van der Waals surface area contributed by atoms with Gasteiger partial charge in [0.05, 0.1) is 5.69 Å². The third-order valence-electron chi connectivity index (χ3n) is 2.70. The molecule has 0 unspecified atom stereocenters. The topological polar surface area (TPSA) is 35.0 Å². The van der Waals surface area contributed by atoms with E-state index >= 15 is 0 Å². The van der Waals surface area contributed by atoms with Gasteiger partial charge >= 0.3 is 0 Å². The van der Waals surface area contributed by atoms with Gasteiger partial charge in [0.2, 0.25) is 0 Å². The van der Waals surface area contributed by atoms with Crippen LogP contribution in [0.5, 0.6) is 0 Å². The lowest BCUT2D eigenvalue weighted by atomic mass is 10.0. The molecule has 0 spiro atoms. The van der Waals surface area contributed by atoms with E-state index in [0.29, 0.717) is 17.1 Å². The number of aromatic nitrogens is 2. The maximum atomic E-state index is 14.1. The van der Waals surface area contributed by atoms with E-state index in [-0.39, 0.29) is 17.6 Å². The number of methoxy groups -OCH3 is 1. The monoisotopic (exact) mass is 280 g/mol. The number of ether oxygens (including phenoxy) is 1. The first-order valence-corrected chi connectivity index (χ1v) is 6.18. The van der Waals surface area contributed by atoms with E-state index in [0.717, 1.165) is 11.1 Å². The second kappa shape index (κ2) is 5.63. The molecular weight excluding hydrogens is 267 g/mol. The number of hydrogen-bond donors (Lipinski definition) is 0. The van der Waals surface area contributed by atoms with Crippen molar-refractivity contribution in [3.8, 4) is 11.3 Å². The van der Waals surface area contributed by atoms with Crippen LogP contribution in [0.1, 0.15) is 17.0 Å². The third-order valence-corrected chi connectivity index (χ3v) is 2.90. The Bertz CT molecular complexity index is 593. The van der Waals surface area contributed by atoms with Crippen LogP contribution in [0, 0.1) is 19.7 Å². The Hall–Kier alpha value is -1.52. The van der Waals surface area contributed by atoms with Crippen molar-refractivity contribution in [2.24, 2.45) is 0 Å². The molecule has 19 heavy (non-hydrogen) atoms. The van der Waals surface area contributed by atoms with Gasteiger partial charge in [0.25, 0.3) is 0 Å². The second-order valence-electron chi connectivity index (χ2n) is 4.36. The Morgan fingerprint density at radius 2 is 1.95 bits per heavy atom. The molecule has 5 heteroatoms. The number of aryl methyl sites for hydroxylation is 2. The van der Waals surface area contributed by atoms with Crippen LogP contribution in [0.25, 0.3) is 11.3 Å². The van der Waals surface area contributed by atoms with Gasteiger partial charge in [0.15, 0.2) is 5.82 Å². The van der Waals surface area contributed by atoms with Gasteiger partial charge in [-0.1, -0.05) is 17.7 Å². The summed E-state index contributed by atoms with van der Waals surface area (Å²) in [6.45, 7) is 3.93. The summed E-state index contributed by atoms with van der Waals surface area (Å²) in [5.41, 5.74) is 2.61. The van der Waals surface area contributed by atoms with E-state index in [4.69, 9.17) is 16.3 Å². The molecule has 0 aliphatic heterocycles. The normalized spacial score (nSPS) is 10.8. The van der Waals surface area contributed by atoms with Crippen molar-refractivity contribution >= 4 is 11.6 Å². The summed E-state index contributed by atoms with van der Waals surface area (Å²) in [4.78, 5) is 8.32. The van der Waals surface area contributed by atoms with Gasteiger partial charge < -0.3 is 4.74 Å². The molecule has 0 fully saturated rings. The van der Waals surface area contributed by atoms with Crippen LogP contribution >= 0.6 is 11.6 Å². The zero-order valence-electron chi connectivity index (χ0n) is 11.0. The number of benzene rings is 1. The van der Waals surface area contributed by atoms with Gasteiger partial charge in [0.1, 0.15) is 17.6 Å². The average molecular weight is 281 g/mol. The quantitative estimate of drug-likeness (QED) is 0.804. The van der Waals surface area contributed by atoms with Crippen LogP contribution < -0.4 is 0 Å². The standard InChI is InChI=1S/C14H14ClFN2O/c1-8-4-9(2)14(10(16)5-8)11-6-12(15)18-13(17-11)7-19-3/h4-6H,7H2,1-3H3. The van der Waals surface area contributed by atoms with E-state index in [9.17, 15) is 4.39 Å². The van der Waals surface area contributed by atoms with E-state index < -0.39 is 0 Å². The largest absolute Gasteiger partial charge is 0.377 e. The SMILES string of the molecule is COCc1nc(Cl)cc(-c2c(C)cc(C)cc2F)n1. The Kier molecular flexibility index (Phi) is 4.12. The molecule has 1 aromatic carbocycles. The summed E-state index contributed by atoms with van der Waals surface area (Å²) < 4.78 is 19.1. The second-order valence-corrected chi connectivity index (χ2v) is 4.75. The lowest BCUT2D eigenvalue weighted by Crippen LogP contribution is -2.01. The smallest absolute Gasteiger partial charge is 0.156 e. The Morgan fingerprint density at radius 3 is 2.58 bits per heavy atom. The van der Waals surface area contributed by atoms with Gasteiger partial charge in [-0.3, -0.25) is 0 Å². The van der Waals surface area contributed by atoms with Crippen molar-refractivity contribution in [1.82, 2.24) is 9.97 Å². The molecule has 100 valence electrons. The summed E-state index contributed by atoms with van der Waals surface area (Å²) >= 11 is 5.94. The Labute approximate surface area is 116 Å². The molecule has 2 aromatic rings. The third kappa shape index (κ3) is 3.08. The van der Waals surface area contributed by atoms with E-state index in [1.165, 1.54) is 6.07 Å². The summed E-state index contributed by atoms with van der Waals surface area (Å²) in [7, 11) is 1.54. The molecule has 1 aromatic heterocycles. The van der Waals surface area contributed by atoms with Gasteiger partial charge in [-0.2, -0.15) is 0 Å². The van der Waals surface area contributed by atoms with Gasteiger partial charge in [-0.15, -0.1) is 0 Å². The zero-order valence-corrected chi connectivity index (χ0v) is 11.8. The molecule has 1 heterocycles. The predicted octanol–water partition coefficient (Wildman–Crippen LogP) is 3.70. The minimum Gasteiger partial charge on any atom is -0.377 e. The predicted molar refractivity (Wildman–Crippen MR) is 72.6 cm³/mol. The number of rotatable bonds is 3. The highest BCUT2D eigenvalue weighted by atomic mass is 35.5. The lowest BCUT2D eigenvalue weighted by molar-refractivity contribution is 0.178. The van der Waals surface area contributed by atoms with Crippen LogP contribution in [0.15, 0.2) is 18.2 Å². The molecule has 0 saturated carbocycles. The van der Waals surface area contributed by atoms with Crippen molar-refractivity contribution in [1.29, 1.82) is 0 Å². The zero-order chi connectivity index (χ0) is 14.0.